The lowest BCUT2D eigenvalue weighted by molar-refractivity contribution is -0.140. The molecule has 2 amide bonds. The Hall–Kier alpha value is -2.96. The number of anilines is 1. The molecule has 1 aliphatic heterocycles. The molecular formula is C26H35N5O2. The van der Waals surface area contributed by atoms with Crippen molar-refractivity contribution >= 4 is 39.6 Å². The first-order valence-electron chi connectivity index (χ1n) is 12.1. The highest BCUT2D eigenvalue weighted by molar-refractivity contribution is 6.06. The molecule has 0 saturated carbocycles. The molecule has 1 aromatic carbocycles. The monoisotopic (exact) mass is 449 g/mol. The highest BCUT2D eigenvalue weighted by Crippen LogP contribution is 2.35. The average Bonchev–Trinajstić information content (AvgIpc) is 3.27. The number of pyridine rings is 1. The van der Waals surface area contributed by atoms with E-state index in [9.17, 15) is 9.59 Å². The van der Waals surface area contributed by atoms with Gasteiger partial charge in [-0.15, -0.1) is 0 Å². The number of hydrogen-bond acceptors (Lipinski definition) is 5. The summed E-state index contributed by atoms with van der Waals surface area (Å²) in [5.41, 5.74) is 8.75. The lowest BCUT2D eigenvalue weighted by Crippen LogP contribution is -2.34. The van der Waals surface area contributed by atoms with Crippen LogP contribution in [0.3, 0.4) is 0 Å². The lowest BCUT2D eigenvalue weighted by Gasteiger charge is -2.24. The molecule has 1 saturated heterocycles. The number of fused-ring (bicyclic) bond motifs is 3. The number of rotatable bonds is 8. The van der Waals surface area contributed by atoms with Crippen LogP contribution in [0.4, 0.5) is 5.82 Å². The van der Waals surface area contributed by atoms with Crippen molar-refractivity contribution in [3.63, 3.8) is 0 Å². The van der Waals surface area contributed by atoms with E-state index in [4.69, 9.17) is 10.7 Å². The van der Waals surface area contributed by atoms with Crippen LogP contribution < -0.4 is 5.73 Å². The van der Waals surface area contributed by atoms with E-state index in [2.05, 4.69) is 22.5 Å². The van der Waals surface area contributed by atoms with E-state index < -0.39 is 0 Å². The van der Waals surface area contributed by atoms with Crippen LogP contribution in [-0.4, -0.2) is 37.8 Å². The van der Waals surface area contributed by atoms with E-state index in [-0.39, 0.29) is 23.1 Å². The SMILES string of the molecule is CCCCc1nc2c(N)nc3ccccc3c2n1CCCCN1C(=O)CC(C(C)(C)C)C1=O. The van der Waals surface area contributed by atoms with Gasteiger partial charge in [-0.1, -0.05) is 52.3 Å². The van der Waals surface area contributed by atoms with Gasteiger partial charge in [0.25, 0.3) is 0 Å². The third kappa shape index (κ3) is 4.45. The number of para-hydroxylation sites is 1. The van der Waals surface area contributed by atoms with Gasteiger partial charge in [-0.05, 0) is 30.7 Å². The molecule has 1 atom stereocenters. The summed E-state index contributed by atoms with van der Waals surface area (Å²) in [5, 5.41) is 1.05. The minimum absolute atomic E-state index is 0.0194. The number of benzene rings is 1. The molecule has 1 aliphatic rings. The van der Waals surface area contributed by atoms with Gasteiger partial charge in [-0.2, -0.15) is 0 Å². The molecule has 176 valence electrons. The first-order chi connectivity index (χ1) is 15.7. The Labute approximate surface area is 195 Å². The van der Waals surface area contributed by atoms with Crippen LogP contribution in [0.15, 0.2) is 24.3 Å². The Bertz CT molecular complexity index is 1190. The zero-order valence-corrected chi connectivity index (χ0v) is 20.2. The van der Waals surface area contributed by atoms with Crippen molar-refractivity contribution in [1.82, 2.24) is 19.4 Å². The molecule has 33 heavy (non-hydrogen) atoms. The third-order valence-corrected chi connectivity index (χ3v) is 6.75. The number of likely N-dealkylation sites (tertiary alicyclic amines) is 1. The second-order valence-corrected chi connectivity index (χ2v) is 10.2. The van der Waals surface area contributed by atoms with Gasteiger partial charge in [0.2, 0.25) is 11.8 Å². The van der Waals surface area contributed by atoms with Crippen molar-refractivity contribution in [1.29, 1.82) is 0 Å². The van der Waals surface area contributed by atoms with E-state index in [0.717, 1.165) is 66.4 Å². The quantitative estimate of drug-likeness (QED) is 0.397. The highest BCUT2D eigenvalue weighted by atomic mass is 16.2. The third-order valence-electron chi connectivity index (χ3n) is 6.75. The number of nitrogens with two attached hydrogens (primary N) is 1. The molecule has 0 aliphatic carbocycles. The number of carbonyl (C=O) groups excluding carboxylic acids is 2. The fourth-order valence-electron chi connectivity index (χ4n) is 4.81. The van der Waals surface area contributed by atoms with Gasteiger partial charge in [0.15, 0.2) is 5.82 Å². The number of aryl methyl sites for hydroxylation is 2. The normalized spacial score (nSPS) is 17.1. The molecule has 7 nitrogen and oxygen atoms in total. The van der Waals surface area contributed by atoms with Crippen molar-refractivity contribution in [2.45, 2.75) is 72.8 Å². The predicted octanol–water partition coefficient (Wildman–Crippen LogP) is 4.71. The molecule has 3 heterocycles. The predicted molar refractivity (Wildman–Crippen MR) is 132 cm³/mol. The largest absolute Gasteiger partial charge is 0.382 e. The van der Waals surface area contributed by atoms with E-state index in [1.807, 2.05) is 39.0 Å². The van der Waals surface area contributed by atoms with Gasteiger partial charge in [-0.25, -0.2) is 9.97 Å². The fourth-order valence-corrected chi connectivity index (χ4v) is 4.81. The van der Waals surface area contributed by atoms with Crippen molar-refractivity contribution in [3.05, 3.63) is 30.1 Å². The molecule has 1 fully saturated rings. The molecule has 4 rings (SSSR count). The molecule has 7 heteroatoms. The van der Waals surface area contributed by atoms with Crippen LogP contribution >= 0.6 is 0 Å². The molecule has 0 bridgehead atoms. The number of imidazole rings is 1. The summed E-state index contributed by atoms with van der Waals surface area (Å²) >= 11 is 0. The zero-order chi connectivity index (χ0) is 23.8. The molecule has 2 N–H and O–H groups in total. The summed E-state index contributed by atoms with van der Waals surface area (Å²) < 4.78 is 2.27. The van der Waals surface area contributed by atoms with E-state index in [0.29, 0.717) is 18.8 Å². The Morgan fingerprint density at radius 2 is 1.79 bits per heavy atom. The maximum atomic E-state index is 12.8. The number of aromatic nitrogens is 3. The Kier molecular flexibility index (Phi) is 6.41. The van der Waals surface area contributed by atoms with E-state index in [1.165, 1.54) is 4.90 Å². The fraction of sp³-hybridized carbons (Fsp3) is 0.538. The van der Waals surface area contributed by atoms with Crippen LogP contribution in [0.2, 0.25) is 0 Å². The Morgan fingerprint density at radius 3 is 2.48 bits per heavy atom. The molecule has 0 spiro atoms. The number of hydrogen-bond donors (Lipinski definition) is 1. The number of amides is 2. The van der Waals surface area contributed by atoms with Crippen molar-refractivity contribution in [2.75, 3.05) is 12.3 Å². The van der Waals surface area contributed by atoms with Crippen molar-refractivity contribution < 1.29 is 9.59 Å². The van der Waals surface area contributed by atoms with Gasteiger partial charge in [-0.3, -0.25) is 14.5 Å². The lowest BCUT2D eigenvalue weighted by atomic mass is 9.80. The summed E-state index contributed by atoms with van der Waals surface area (Å²) in [6.45, 7) is 9.50. The molecule has 0 radical (unpaired) electrons. The molecule has 1 unspecified atom stereocenters. The molecule has 2 aromatic heterocycles. The number of imide groups is 1. The number of nitrogen functional groups attached to an aromatic ring is 1. The van der Waals surface area contributed by atoms with Gasteiger partial charge in [0, 0.05) is 31.3 Å². The van der Waals surface area contributed by atoms with Gasteiger partial charge >= 0.3 is 0 Å². The second-order valence-electron chi connectivity index (χ2n) is 10.2. The summed E-state index contributed by atoms with van der Waals surface area (Å²) in [5.74, 6) is 1.21. The van der Waals surface area contributed by atoms with E-state index in [1.54, 1.807) is 0 Å². The minimum Gasteiger partial charge on any atom is -0.382 e. The summed E-state index contributed by atoms with van der Waals surface area (Å²) in [4.78, 5) is 36.1. The smallest absolute Gasteiger partial charge is 0.233 e. The molecular weight excluding hydrogens is 414 g/mol. The van der Waals surface area contributed by atoms with Gasteiger partial charge in [0.05, 0.1) is 17.0 Å². The van der Waals surface area contributed by atoms with Crippen LogP contribution in [0.5, 0.6) is 0 Å². The van der Waals surface area contributed by atoms with Crippen molar-refractivity contribution in [2.24, 2.45) is 11.3 Å². The number of nitrogens with zero attached hydrogens (tertiary/aromatic N) is 4. The van der Waals surface area contributed by atoms with Gasteiger partial charge < -0.3 is 10.3 Å². The van der Waals surface area contributed by atoms with Crippen LogP contribution in [0.1, 0.15) is 65.6 Å². The Balaban J connectivity index is 1.55. The van der Waals surface area contributed by atoms with Gasteiger partial charge in [0.1, 0.15) is 11.3 Å². The number of carbonyl (C=O) groups is 2. The second kappa shape index (κ2) is 9.12. The van der Waals surface area contributed by atoms with Crippen molar-refractivity contribution in [3.8, 4) is 0 Å². The number of unbranched alkanes of at least 4 members (excludes halogenated alkanes) is 2. The first kappa shape index (κ1) is 23.2. The van der Waals surface area contributed by atoms with Crippen LogP contribution in [-0.2, 0) is 22.6 Å². The maximum Gasteiger partial charge on any atom is 0.233 e. The van der Waals surface area contributed by atoms with Crippen LogP contribution in [0, 0.1) is 11.3 Å². The molecule has 3 aromatic rings. The topological polar surface area (TPSA) is 94.1 Å². The summed E-state index contributed by atoms with van der Waals surface area (Å²) in [6.07, 6.45) is 4.96. The van der Waals surface area contributed by atoms with E-state index >= 15 is 0 Å². The average molecular weight is 450 g/mol. The maximum absolute atomic E-state index is 12.8. The zero-order valence-electron chi connectivity index (χ0n) is 20.2. The minimum atomic E-state index is -0.218. The standard InChI is InChI=1S/C26H35N5O2/c1-5-6-13-20-29-22-23(17-11-7-8-12-19(17)28-24(22)27)30(20)14-9-10-15-31-21(32)16-18(25(31)33)26(2,3)4/h7-8,11-12,18H,5-6,9-10,13-16H2,1-4H3,(H2,27,28). The highest BCUT2D eigenvalue weighted by Gasteiger charge is 2.44. The van der Waals surface area contributed by atoms with Crippen LogP contribution in [0.25, 0.3) is 21.9 Å². The summed E-state index contributed by atoms with van der Waals surface area (Å²) in [6, 6.07) is 8.03. The summed E-state index contributed by atoms with van der Waals surface area (Å²) in [7, 11) is 0. The first-order valence-corrected chi connectivity index (χ1v) is 12.1. The Morgan fingerprint density at radius 1 is 1.06 bits per heavy atom.